The zero-order chi connectivity index (χ0) is 23.5. The topological polar surface area (TPSA) is 101 Å². The minimum absolute atomic E-state index is 0.133. The van der Waals surface area contributed by atoms with Gasteiger partial charge in [0.1, 0.15) is 0 Å². The van der Waals surface area contributed by atoms with E-state index in [0.29, 0.717) is 11.3 Å². The molecule has 1 heterocycles. The molecule has 4 rings (SSSR count). The largest absolute Gasteiger partial charge is 0.503 e. The lowest BCUT2D eigenvalue weighted by Gasteiger charge is -2.26. The molecule has 1 atom stereocenters. The minimum atomic E-state index is -1.02. The van der Waals surface area contributed by atoms with Gasteiger partial charge in [0.05, 0.1) is 16.5 Å². The summed E-state index contributed by atoms with van der Waals surface area (Å²) < 4.78 is 0.939. The van der Waals surface area contributed by atoms with Crippen molar-refractivity contribution >= 4 is 51.7 Å². The van der Waals surface area contributed by atoms with Crippen molar-refractivity contribution in [1.29, 1.82) is 0 Å². The average Bonchev–Trinajstić information content (AvgIpc) is 3.09. The van der Waals surface area contributed by atoms with Crippen LogP contribution in [0.1, 0.15) is 17.2 Å². The average molecular weight is 552 g/mol. The fourth-order valence-electron chi connectivity index (χ4n) is 3.67. The Kier molecular flexibility index (Phi) is 6.36. The summed E-state index contributed by atoms with van der Waals surface area (Å²) in [5.41, 5.74) is 1.26. The Labute approximate surface area is 203 Å². The molecule has 0 aromatic heterocycles. The molecule has 0 saturated heterocycles. The molecule has 0 fully saturated rings. The van der Waals surface area contributed by atoms with E-state index in [1.54, 1.807) is 36.4 Å². The number of nitro benzene ring substituents is 1. The number of benzene rings is 3. The van der Waals surface area contributed by atoms with E-state index in [1.165, 1.54) is 29.2 Å². The number of nitrogens with zero attached hydrogens (tertiary/aromatic N) is 2. The Morgan fingerprint density at radius 1 is 1.03 bits per heavy atom. The summed E-state index contributed by atoms with van der Waals surface area (Å²) in [5, 5.41) is 22.1. The van der Waals surface area contributed by atoms with Gasteiger partial charge in [0.2, 0.25) is 0 Å². The molecule has 1 amide bonds. The first-order chi connectivity index (χ1) is 15.9. The lowest BCUT2D eigenvalue weighted by Crippen LogP contribution is -2.30. The van der Waals surface area contributed by atoms with E-state index in [2.05, 4.69) is 22.6 Å². The molecular weight excluding hydrogens is 535 g/mol. The zero-order valence-electron chi connectivity index (χ0n) is 17.1. The maximum absolute atomic E-state index is 13.2. The van der Waals surface area contributed by atoms with E-state index in [9.17, 15) is 24.8 Å². The Morgan fingerprint density at radius 2 is 1.73 bits per heavy atom. The van der Waals surface area contributed by atoms with Gasteiger partial charge >= 0.3 is 0 Å². The molecule has 33 heavy (non-hydrogen) atoms. The van der Waals surface area contributed by atoms with Gasteiger partial charge in [-0.2, -0.15) is 0 Å². The molecule has 0 radical (unpaired) electrons. The van der Waals surface area contributed by atoms with Crippen LogP contribution in [0.3, 0.4) is 0 Å². The summed E-state index contributed by atoms with van der Waals surface area (Å²) >= 11 is 2.13. The highest BCUT2D eigenvalue weighted by atomic mass is 127. The van der Waals surface area contributed by atoms with E-state index < -0.39 is 28.4 Å². The number of hydrogen-bond donors (Lipinski definition) is 1. The number of aliphatic hydroxyl groups is 1. The second kappa shape index (κ2) is 9.37. The van der Waals surface area contributed by atoms with Crippen molar-refractivity contribution in [3.8, 4) is 0 Å². The van der Waals surface area contributed by atoms with Gasteiger partial charge in [0, 0.05) is 21.4 Å². The number of hydrogen-bond acceptors (Lipinski definition) is 5. The first-order valence-corrected chi connectivity index (χ1v) is 11.0. The first-order valence-electron chi connectivity index (χ1n) is 9.91. The van der Waals surface area contributed by atoms with Gasteiger partial charge in [-0.05, 0) is 64.1 Å². The van der Waals surface area contributed by atoms with Crippen molar-refractivity contribution in [2.45, 2.75) is 6.04 Å². The number of halogens is 1. The Balaban J connectivity index is 1.82. The highest BCUT2D eigenvalue weighted by molar-refractivity contribution is 14.1. The fraction of sp³-hybridized carbons (Fsp3) is 0.0400. The molecule has 7 nitrogen and oxygen atoms in total. The summed E-state index contributed by atoms with van der Waals surface area (Å²) in [6, 6.07) is 20.8. The molecule has 1 N–H and O–H groups in total. The molecule has 0 aliphatic carbocycles. The summed E-state index contributed by atoms with van der Waals surface area (Å²) in [6.07, 6.45) is 2.88. The van der Waals surface area contributed by atoms with Crippen LogP contribution in [0.15, 0.2) is 96.3 Å². The third-order valence-corrected chi connectivity index (χ3v) is 5.92. The maximum atomic E-state index is 13.2. The van der Waals surface area contributed by atoms with Crippen LogP contribution < -0.4 is 4.90 Å². The van der Waals surface area contributed by atoms with E-state index in [1.807, 2.05) is 30.3 Å². The molecular formula is C25H17IN2O5. The Morgan fingerprint density at radius 3 is 2.39 bits per heavy atom. The van der Waals surface area contributed by atoms with Crippen LogP contribution in [0.2, 0.25) is 0 Å². The minimum Gasteiger partial charge on any atom is -0.503 e. The number of carbonyl (C=O) groups is 2. The number of non-ortho nitro benzene ring substituents is 1. The van der Waals surface area contributed by atoms with Gasteiger partial charge in [0.15, 0.2) is 11.5 Å². The number of ketones is 1. The molecule has 0 saturated carbocycles. The van der Waals surface area contributed by atoms with Gasteiger partial charge < -0.3 is 5.11 Å². The number of nitro groups is 1. The Hall–Kier alpha value is -3.79. The normalized spacial score (nSPS) is 16.0. The highest BCUT2D eigenvalue weighted by Gasteiger charge is 2.44. The second-order valence-corrected chi connectivity index (χ2v) is 8.52. The van der Waals surface area contributed by atoms with E-state index in [-0.39, 0.29) is 11.3 Å². The molecule has 3 aromatic carbocycles. The number of rotatable bonds is 6. The SMILES string of the molecule is O=C(C=Cc1ccccc1)C1=C(O)C(=O)N(c2ccc(I)cc2)C1c1cccc([N+](=O)[O-])c1. The molecule has 0 spiro atoms. The van der Waals surface area contributed by atoms with Crippen LogP contribution in [0.4, 0.5) is 11.4 Å². The van der Waals surface area contributed by atoms with Crippen LogP contribution in [-0.4, -0.2) is 21.7 Å². The standard InChI is InChI=1S/C25H17IN2O5/c26-18-10-12-19(13-11-18)27-23(17-7-4-8-20(15-17)28(32)33)22(24(30)25(27)31)21(29)14-9-16-5-2-1-3-6-16/h1-15,23,30H. The van der Waals surface area contributed by atoms with Crippen molar-refractivity contribution in [1.82, 2.24) is 0 Å². The Bertz CT molecular complexity index is 1300. The molecule has 1 aliphatic rings. The molecule has 164 valence electrons. The van der Waals surface area contributed by atoms with Crippen LogP contribution in [-0.2, 0) is 9.59 Å². The maximum Gasteiger partial charge on any atom is 0.294 e. The highest BCUT2D eigenvalue weighted by Crippen LogP contribution is 2.42. The van der Waals surface area contributed by atoms with Crippen LogP contribution in [0.5, 0.6) is 0 Å². The van der Waals surface area contributed by atoms with Crippen molar-refractivity contribution < 1.29 is 19.6 Å². The van der Waals surface area contributed by atoms with Crippen molar-refractivity contribution in [3.63, 3.8) is 0 Å². The molecule has 1 aliphatic heterocycles. The lowest BCUT2D eigenvalue weighted by molar-refractivity contribution is -0.384. The van der Waals surface area contributed by atoms with Crippen molar-refractivity contribution in [2.75, 3.05) is 4.90 Å². The van der Waals surface area contributed by atoms with Crippen LogP contribution in [0.25, 0.3) is 6.08 Å². The molecule has 3 aromatic rings. The molecule has 1 unspecified atom stereocenters. The van der Waals surface area contributed by atoms with Gasteiger partial charge in [-0.1, -0.05) is 48.5 Å². The molecule has 8 heteroatoms. The number of amides is 1. The predicted molar refractivity (Wildman–Crippen MR) is 133 cm³/mol. The van der Waals surface area contributed by atoms with E-state index in [0.717, 1.165) is 9.13 Å². The number of allylic oxidation sites excluding steroid dienone is 1. The van der Waals surface area contributed by atoms with Crippen molar-refractivity contribution in [2.24, 2.45) is 0 Å². The third-order valence-electron chi connectivity index (χ3n) is 5.20. The smallest absolute Gasteiger partial charge is 0.294 e. The second-order valence-electron chi connectivity index (χ2n) is 7.28. The monoisotopic (exact) mass is 552 g/mol. The van der Waals surface area contributed by atoms with Gasteiger partial charge in [-0.3, -0.25) is 24.6 Å². The quantitative estimate of drug-likeness (QED) is 0.192. The number of anilines is 1. The lowest BCUT2D eigenvalue weighted by atomic mass is 9.95. The predicted octanol–water partition coefficient (Wildman–Crippen LogP) is 5.38. The van der Waals surface area contributed by atoms with Gasteiger partial charge in [-0.15, -0.1) is 0 Å². The zero-order valence-corrected chi connectivity index (χ0v) is 19.2. The summed E-state index contributed by atoms with van der Waals surface area (Å²) in [4.78, 5) is 38.4. The van der Waals surface area contributed by atoms with Crippen molar-refractivity contribution in [3.05, 3.63) is 121 Å². The van der Waals surface area contributed by atoms with Crippen LogP contribution >= 0.6 is 22.6 Å². The fourth-order valence-corrected chi connectivity index (χ4v) is 4.03. The number of carbonyl (C=O) groups excluding carboxylic acids is 2. The summed E-state index contributed by atoms with van der Waals surface area (Å²) in [6.45, 7) is 0. The summed E-state index contributed by atoms with van der Waals surface area (Å²) in [7, 11) is 0. The molecule has 0 bridgehead atoms. The number of aliphatic hydroxyl groups excluding tert-OH is 1. The van der Waals surface area contributed by atoms with Crippen LogP contribution in [0, 0.1) is 13.7 Å². The van der Waals surface area contributed by atoms with E-state index >= 15 is 0 Å². The third kappa shape index (κ3) is 4.56. The van der Waals surface area contributed by atoms with Gasteiger partial charge in [-0.25, -0.2) is 0 Å². The summed E-state index contributed by atoms with van der Waals surface area (Å²) in [5.74, 6) is -1.98. The van der Waals surface area contributed by atoms with E-state index in [4.69, 9.17) is 0 Å². The first kappa shape index (κ1) is 22.4. The van der Waals surface area contributed by atoms with Gasteiger partial charge in [0.25, 0.3) is 11.6 Å².